The van der Waals surface area contributed by atoms with Crippen LogP contribution >= 0.6 is 15.9 Å². The first-order valence-electron chi connectivity index (χ1n) is 6.64. The van der Waals surface area contributed by atoms with E-state index in [-0.39, 0.29) is 9.56 Å². The Labute approximate surface area is 128 Å². The number of rotatable bonds is 5. The largest absolute Gasteiger partial charge is 0.452 e. The van der Waals surface area contributed by atoms with Crippen LogP contribution in [0.3, 0.4) is 0 Å². The highest BCUT2D eigenvalue weighted by atomic mass is 79.9. The molecule has 0 bridgehead atoms. The summed E-state index contributed by atoms with van der Waals surface area (Å²) in [5.41, 5.74) is 0. The zero-order valence-corrected chi connectivity index (χ0v) is 14.1. The molecule has 1 aromatic heterocycles. The molecule has 2 heterocycles. The predicted molar refractivity (Wildman–Crippen MR) is 80.0 cm³/mol. The lowest BCUT2D eigenvalue weighted by Gasteiger charge is -2.32. The molecule has 20 heavy (non-hydrogen) atoms. The first-order chi connectivity index (χ1) is 9.48. The lowest BCUT2D eigenvalue weighted by Crippen LogP contribution is -2.48. The first-order valence-corrected chi connectivity index (χ1v) is 8.87. The minimum atomic E-state index is -3.48. The fourth-order valence-electron chi connectivity index (χ4n) is 2.26. The molecule has 8 heteroatoms. The summed E-state index contributed by atoms with van der Waals surface area (Å²) in [7, 11) is -1.70. The SMILES string of the molecule is CCN1CCN(S(=O)(=O)c2cc(CNC)oc2Br)CC1. The van der Waals surface area contributed by atoms with Gasteiger partial charge >= 0.3 is 0 Å². The minimum Gasteiger partial charge on any atom is -0.452 e. The van der Waals surface area contributed by atoms with Crippen molar-refractivity contribution in [2.45, 2.75) is 18.4 Å². The molecule has 1 N–H and O–H groups in total. The summed E-state index contributed by atoms with van der Waals surface area (Å²) in [5, 5.41) is 2.94. The zero-order chi connectivity index (χ0) is 14.8. The molecule has 0 unspecified atom stereocenters. The summed E-state index contributed by atoms with van der Waals surface area (Å²) in [6.07, 6.45) is 0. The van der Waals surface area contributed by atoms with Crippen molar-refractivity contribution >= 4 is 26.0 Å². The van der Waals surface area contributed by atoms with Crippen LogP contribution in [-0.4, -0.2) is 57.4 Å². The third-order valence-electron chi connectivity index (χ3n) is 3.45. The molecule has 0 radical (unpaired) electrons. The van der Waals surface area contributed by atoms with Crippen LogP contribution in [0.2, 0.25) is 0 Å². The highest BCUT2D eigenvalue weighted by molar-refractivity contribution is 9.10. The maximum atomic E-state index is 12.6. The van der Waals surface area contributed by atoms with Gasteiger partial charge in [-0.3, -0.25) is 0 Å². The van der Waals surface area contributed by atoms with Gasteiger partial charge in [-0.05, 0) is 29.5 Å². The number of furan rings is 1. The maximum Gasteiger partial charge on any atom is 0.247 e. The monoisotopic (exact) mass is 365 g/mol. The van der Waals surface area contributed by atoms with Gasteiger partial charge in [-0.2, -0.15) is 4.31 Å². The zero-order valence-electron chi connectivity index (χ0n) is 11.7. The molecule has 1 aliphatic heterocycles. The molecule has 1 fully saturated rings. The second kappa shape index (κ2) is 6.57. The number of nitrogens with one attached hydrogen (secondary N) is 1. The van der Waals surface area contributed by atoms with Crippen molar-refractivity contribution in [1.29, 1.82) is 0 Å². The van der Waals surface area contributed by atoms with E-state index in [4.69, 9.17) is 4.42 Å². The first kappa shape index (κ1) is 16.0. The molecule has 114 valence electrons. The van der Waals surface area contributed by atoms with Gasteiger partial charge in [0.05, 0.1) is 6.54 Å². The van der Waals surface area contributed by atoms with Crippen molar-refractivity contribution in [1.82, 2.24) is 14.5 Å². The van der Waals surface area contributed by atoms with E-state index < -0.39 is 10.0 Å². The molecule has 1 saturated heterocycles. The summed E-state index contributed by atoms with van der Waals surface area (Å²) < 4.78 is 32.5. The molecule has 1 aromatic rings. The second-order valence-corrected chi connectivity index (χ2v) is 7.35. The summed E-state index contributed by atoms with van der Waals surface area (Å²) in [4.78, 5) is 2.45. The van der Waals surface area contributed by atoms with Crippen LogP contribution < -0.4 is 5.32 Å². The number of piperazine rings is 1. The number of likely N-dealkylation sites (N-methyl/N-ethyl adjacent to an activating group) is 1. The highest BCUT2D eigenvalue weighted by Gasteiger charge is 2.31. The average molecular weight is 366 g/mol. The molecule has 0 spiro atoms. The van der Waals surface area contributed by atoms with Crippen molar-refractivity contribution in [3.63, 3.8) is 0 Å². The second-order valence-electron chi connectivity index (χ2n) is 4.72. The maximum absolute atomic E-state index is 12.6. The van der Waals surface area contributed by atoms with E-state index in [1.54, 1.807) is 13.1 Å². The molecule has 2 rings (SSSR count). The minimum absolute atomic E-state index is 0.215. The van der Waals surface area contributed by atoms with E-state index in [1.165, 1.54) is 4.31 Å². The topological polar surface area (TPSA) is 65.8 Å². The normalized spacial score (nSPS) is 18.6. The summed E-state index contributed by atoms with van der Waals surface area (Å²) in [5.74, 6) is 0.602. The molecule has 0 amide bonds. The molecule has 0 atom stereocenters. The van der Waals surface area contributed by atoms with Crippen molar-refractivity contribution < 1.29 is 12.8 Å². The van der Waals surface area contributed by atoms with Gasteiger partial charge in [-0.1, -0.05) is 6.92 Å². The Morgan fingerprint density at radius 2 is 2.00 bits per heavy atom. The van der Waals surface area contributed by atoms with Crippen LogP contribution in [0.25, 0.3) is 0 Å². The number of sulfonamides is 1. The van der Waals surface area contributed by atoms with Gasteiger partial charge in [0.25, 0.3) is 0 Å². The number of hydrogen-bond acceptors (Lipinski definition) is 5. The number of halogens is 1. The van der Waals surface area contributed by atoms with Crippen LogP contribution in [0.5, 0.6) is 0 Å². The summed E-state index contributed by atoms with van der Waals surface area (Å²) in [6, 6.07) is 1.59. The Kier molecular flexibility index (Phi) is 5.25. The third-order valence-corrected chi connectivity index (χ3v) is 6.21. The van der Waals surface area contributed by atoms with Gasteiger partial charge in [0.2, 0.25) is 10.0 Å². The lowest BCUT2D eigenvalue weighted by molar-refractivity contribution is 0.196. The Hall–Kier alpha value is -0.410. The fraction of sp³-hybridized carbons (Fsp3) is 0.667. The van der Waals surface area contributed by atoms with Crippen molar-refractivity contribution in [2.24, 2.45) is 0 Å². The van der Waals surface area contributed by atoms with E-state index in [9.17, 15) is 8.42 Å². The molecule has 6 nitrogen and oxygen atoms in total. The van der Waals surface area contributed by atoms with Gasteiger partial charge in [-0.25, -0.2) is 8.42 Å². The quantitative estimate of drug-likeness (QED) is 0.845. The standard InChI is InChI=1S/C12H20BrN3O3S/c1-3-15-4-6-16(7-5-15)20(17,18)11-8-10(9-14-2)19-12(11)13/h8,14H,3-7,9H2,1-2H3. The van der Waals surface area contributed by atoms with Crippen molar-refractivity contribution in [3.8, 4) is 0 Å². The predicted octanol–water partition coefficient (Wildman–Crippen LogP) is 1.09. The van der Waals surface area contributed by atoms with Crippen molar-refractivity contribution in [2.75, 3.05) is 39.8 Å². The Morgan fingerprint density at radius 3 is 2.55 bits per heavy atom. The van der Waals surface area contributed by atoms with E-state index >= 15 is 0 Å². The van der Waals surface area contributed by atoms with Crippen LogP contribution in [-0.2, 0) is 16.6 Å². The van der Waals surface area contributed by atoms with Crippen LogP contribution in [0.15, 0.2) is 20.0 Å². The van der Waals surface area contributed by atoms with E-state index in [0.717, 1.165) is 19.6 Å². The average Bonchev–Trinajstić information content (AvgIpc) is 2.81. The van der Waals surface area contributed by atoms with Gasteiger partial charge in [0.1, 0.15) is 10.7 Å². The smallest absolute Gasteiger partial charge is 0.247 e. The number of nitrogens with zero attached hydrogens (tertiary/aromatic N) is 2. The Balaban J connectivity index is 2.18. The van der Waals surface area contributed by atoms with Gasteiger partial charge in [0.15, 0.2) is 4.67 Å². The lowest BCUT2D eigenvalue weighted by atomic mass is 10.4. The Bertz CT molecular complexity index is 550. The van der Waals surface area contributed by atoms with E-state index in [1.807, 2.05) is 0 Å². The summed E-state index contributed by atoms with van der Waals surface area (Å²) >= 11 is 3.20. The van der Waals surface area contributed by atoms with Gasteiger partial charge in [0, 0.05) is 32.2 Å². The highest BCUT2D eigenvalue weighted by Crippen LogP contribution is 2.29. The molecular formula is C12H20BrN3O3S. The summed E-state index contributed by atoms with van der Waals surface area (Å²) in [6.45, 7) is 6.13. The molecule has 1 aliphatic rings. The van der Waals surface area contributed by atoms with Gasteiger partial charge in [-0.15, -0.1) is 0 Å². The van der Waals surface area contributed by atoms with Crippen LogP contribution in [0, 0.1) is 0 Å². The molecular weight excluding hydrogens is 346 g/mol. The van der Waals surface area contributed by atoms with Crippen molar-refractivity contribution in [3.05, 3.63) is 16.5 Å². The van der Waals surface area contributed by atoms with E-state index in [0.29, 0.717) is 25.4 Å². The van der Waals surface area contributed by atoms with Crippen LogP contribution in [0.4, 0.5) is 0 Å². The Morgan fingerprint density at radius 1 is 1.35 bits per heavy atom. The van der Waals surface area contributed by atoms with E-state index in [2.05, 4.69) is 33.1 Å². The van der Waals surface area contributed by atoms with Crippen LogP contribution in [0.1, 0.15) is 12.7 Å². The molecule has 0 aromatic carbocycles. The van der Waals surface area contributed by atoms with Gasteiger partial charge < -0.3 is 14.6 Å². The fourth-order valence-corrected chi connectivity index (χ4v) is 4.64. The number of hydrogen-bond donors (Lipinski definition) is 1. The third kappa shape index (κ3) is 3.25. The molecule has 0 saturated carbocycles. The molecule has 0 aliphatic carbocycles.